The maximum atomic E-state index is 12.9. The Labute approximate surface area is 154 Å². The van der Waals surface area contributed by atoms with Crippen LogP contribution in [0.1, 0.15) is 38.7 Å². The van der Waals surface area contributed by atoms with Crippen LogP contribution in [0, 0.1) is 0 Å². The number of hydrogen-bond donors (Lipinski definition) is 1. The Morgan fingerprint density at radius 2 is 2.04 bits per heavy atom. The fourth-order valence-corrected chi connectivity index (χ4v) is 3.60. The lowest BCUT2D eigenvalue weighted by Crippen LogP contribution is -2.37. The van der Waals surface area contributed by atoms with E-state index in [1.54, 1.807) is 6.07 Å². The maximum absolute atomic E-state index is 12.9. The lowest BCUT2D eigenvalue weighted by atomic mass is 10.0. The van der Waals surface area contributed by atoms with E-state index in [0.29, 0.717) is 43.9 Å². The zero-order chi connectivity index (χ0) is 19.0. The molecule has 142 valence electrons. The molecule has 1 unspecified atom stereocenters. The summed E-state index contributed by atoms with van der Waals surface area (Å²) in [5.74, 6) is -0.0627. The van der Waals surface area contributed by atoms with Crippen LogP contribution in [0.2, 0.25) is 0 Å². The van der Waals surface area contributed by atoms with E-state index in [0.717, 1.165) is 17.2 Å². The third kappa shape index (κ3) is 3.84. The Morgan fingerprint density at radius 1 is 1.19 bits per heavy atom. The number of alkyl halides is 3. The SMILES string of the molecule is O=C1NCc2cc(C3CN(Cc4cccc(C(F)(F)F)c4)CCO3)ccc21. The Hall–Kier alpha value is -2.38. The third-order valence-electron chi connectivity index (χ3n) is 5.00. The zero-order valence-electron chi connectivity index (χ0n) is 14.6. The molecule has 0 aromatic heterocycles. The van der Waals surface area contributed by atoms with E-state index >= 15 is 0 Å². The van der Waals surface area contributed by atoms with Gasteiger partial charge in [-0.25, -0.2) is 0 Å². The highest BCUT2D eigenvalue weighted by molar-refractivity contribution is 5.98. The summed E-state index contributed by atoms with van der Waals surface area (Å²) in [6.07, 6.45) is -4.50. The molecule has 1 saturated heterocycles. The highest BCUT2D eigenvalue weighted by Gasteiger charge is 2.31. The standard InChI is InChI=1S/C20H19F3N2O2/c21-20(22,23)16-3-1-2-13(8-16)11-25-6-7-27-18(12-25)14-4-5-17-15(9-14)10-24-19(17)26/h1-5,8-9,18H,6-7,10-12H2,(H,24,26). The number of fused-ring (bicyclic) bond motifs is 1. The summed E-state index contributed by atoms with van der Waals surface area (Å²) in [6.45, 7) is 2.73. The fourth-order valence-electron chi connectivity index (χ4n) is 3.60. The number of morpholine rings is 1. The first-order valence-electron chi connectivity index (χ1n) is 8.81. The minimum Gasteiger partial charge on any atom is -0.371 e. The molecule has 27 heavy (non-hydrogen) atoms. The van der Waals surface area contributed by atoms with Crippen molar-refractivity contribution in [2.24, 2.45) is 0 Å². The summed E-state index contributed by atoms with van der Waals surface area (Å²) in [4.78, 5) is 13.8. The average Bonchev–Trinajstić information content (AvgIpc) is 3.02. The summed E-state index contributed by atoms with van der Waals surface area (Å²) in [7, 11) is 0. The predicted molar refractivity (Wildman–Crippen MR) is 93.0 cm³/mol. The minimum absolute atomic E-state index is 0.0627. The van der Waals surface area contributed by atoms with E-state index in [2.05, 4.69) is 10.2 Å². The van der Waals surface area contributed by atoms with Crippen LogP contribution in [0.3, 0.4) is 0 Å². The van der Waals surface area contributed by atoms with Gasteiger partial charge in [0.1, 0.15) is 0 Å². The van der Waals surface area contributed by atoms with E-state index < -0.39 is 11.7 Å². The van der Waals surface area contributed by atoms with E-state index in [4.69, 9.17) is 4.74 Å². The Bertz CT molecular complexity index is 867. The van der Waals surface area contributed by atoms with Gasteiger partial charge >= 0.3 is 6.18 Å². The van der Waals surface area contributed by atoms with Crippen LogP contribution in [-0.2, 0) is 24.0 Å². The quantitative estimate of drug-likeness (QED) is 0.891. The van der Waals surface area contributed by atoms with Gasteiger partial charge < -0.3 is 10.1 Å². The number of hydrogen-bond acceptors (Lipinski definition) is 3. The van der Waals surface area contributed by atoms with Crippen molar-refractivity contribution in [1.29, 1.82) is 0 Å². The molecule has 2 aliphatic heterocycles. The van der Waals surface area contributed by atoms with Crippen molar-refractivity contribution >= 4 is 5.91 Å². The number of nitrogens with zero attached hydrogens (tertiary/aromatic N) is 1. The largest absolute Gasteiger partial charge is 0.416 e. The number of benzene rings is 2. The van der Waals surface area contributed by atoms with Crippen molar-refractivity contribution in [2.45, 2.75) is 25.4 Å². The van der Waals surface area contributed by atoms with Crippen LogP contribution in [-0.4, -0.2) is 30.5 Å². The Kier molecular flexibility index (Phi) is 4.65. The number of amides is 1. The molecule has 4 rings (SSSR count). The number of carbonyl (C=O) groups excluding carboxylic acids is 1. The van der Waals surface area contributed by atoms with Gasteiger partial charge in [-0.05, 0) is 28.8 Å². The zero-order valence-corrected chi connectivity index (χ0v) is 14.6. The van der Waals surface area contributed by atoms with E-state index in [9.17, 15) is 18.0 Å². The molecule has 4 nitrogen and oxygen atoms in total. The van der Waals surface area contributed by atoms with Gasteiger partial charge in [0, 0.05) is 31.7 Å². The van der Waals surface area contributed by atoms with Crippen LogP contribution in [0.15, 0.2) is 42.5 Å². The molecule has 0 radical (unpaired) electrons. The Balaban J connectivity index is 1.47. The van der Waals surface area contributed by atoms with Crippen LogP contribution in [0.5, 0.6) is 0 Å². The van der Waals surface area contributed by atoms with Crippen molar-refractivity contribution in [3.05, 3.63) is 70.3 Å². The first kappa shape index (κ1) is 18.0. The second-order valence-electron chi connectivity index (χ2n) is 6.89. The topological polar surface area (TPSA) is 41.6 Å². The molecule has 0 saturated carbocycles. The second-order valence-corrected chi connectivity index (χ2v) is 6.89. The summed E-state index contributed by atoms with van der Waals surface area (Å²) < 4.78 is 44.6. The van der Waals surface area contributed by atoms with E-state index in [1.807, 2.05) is 18.2 Å². The summed E-state index contributed by atoms with van der Waals surface area (Å²) in [5, 5.41) is 2.79. The molecule has 1 atom stereocenters. The average molecular weight is 376 g/mol. The van der Waals surface area contributed by atoms with Gasteiger partial charge in [0.2, 0.25) is 0 Å². The van der Waals surface area contributed by atoms with Crippen molar-refractivity contribution in [1.82, 2.24) is 10.2 Å². The lowest BCUT2D eigenvalue weighted by Gasteiger charge is -2.33. The predicted octanol–water partition coefficient (Wildman–Crippen LogP) is 3.52. The third-order valence-corrected chi connectivity index (χ3v) is 5.00. The summed E-state index contributed by atoms with van der Waals surface area (Å²) in [5.41, 5.74) is 2.64. The molecule has 2 aliphatic rings. The molecule has 0 bridgehead atoms. The first-order chi connectivity index (χ1) is 12.9. The van der Waals surface area contributed by atoms with Crippen molar-refractivity contribution in [2.75, 3.05) is 19.7 Å². The molecule has 0 spiro atoms. The number of carbonyl (C=O) groups is 1. The van der Waals surface area contributed by atoms with Crippen LogP contribution in [0.4, 0.5) is 13.2 Å². The van der Waals surface area contributed by atoms with E-state index in [1.165, 1.54) is 12.1 Å². The maximum Gasteiger partial charge on any atom is 0.416 e. The number of halogens is 3. The van der Waals surface area contributed by atoms with Gasteiger partial charge in [-0.1, -0.05) is 30.3 Å². The number of rotatable bonds is 3. The molecule has 0 aliphatic carbocycles. The molecule has 1 fully saturated rings. The van der Waals surface area contributed by atoms with Gasteiger partial charge in [0.25, 0.3) is 5.91 Å². The van der Waals surface area contributed by atoms with Crippen LogP contribution in [0.25, 0.3) is 0 Å². The van der Waals surface area contributed by atoms with Gasteiger partial charge in [0.05, 0.1) is 18.3 Å². The minimum atomic E-state index is -4.33. The molecule has 2 aromatic carbocycles. The van der Waals surface area contributed by atoms with Gasteiger partial charge in [-0.2, -0.15) is 13.2 Å². The number of nitrogens with one attached hydrogen (secondary N) is 1. The fraction of sp³-hybridized carbons (Fsp3) is 0.350. The monoisotopic (exact) mass is 376 g/mol. The normalized spacial score (nSPS) is 20.4. The van der Waals surface area contributed by atoms with E-state index in [-0.39, 0.29) is 12.0 Å². The van der Waals surface area contributed by atoms with Crippen LogP contribution >= 0.6 is 0 Å². The van der Waals surface area contributed by atoms with Gasteiger partial charge in [-0.3, -0.25) is 9.69 Å². The number of ether oxygens (including phenoxy) is 1. The van der Waals surface area contributed by atoms with Crippen LogP contribution < -0.4 is 5.32 Å². The molecule has 2 heterocycles. The first-order valence-corrected chi connectivity index (χ1v) is 8.81. The molecule has 7 heteroatoms. The second kappa shape index (κ2) is 6.98. The highest BCUT2D eigenvalue weighted by atomic mass is 19.4. The molecule has 1 amide bonds. The van der Waals surface area contributed by atoms with Crippen molar-refractivity contribution in [3.63, 3.8) is 0 Å². The smallest absolute Gasteiger partial charge is 0.371 e. The summed E-state index contributed by atoms with van der Waals surface area (Å²) in [6, 6.07) is 11.1. The highest BCUT2D eigenvalue weighted by Crippen LogP contribution is 2.31. The molecular formula is C20H19F3N2O2. The lowest BCUT2D eigenvalue weighted by molar-refractivity contribution is -0.137. The molecular weight excluding hydrogens is 357 g/mol. The molecule has 1 N–H and O–H groups in total. The van der Waals surface area contributed by atoms with Crippen molar-refractivity contribution < 1.29 is 22.7 Å². The van der Waals surface area contributed by atoms with Gasteiger partial charge in [0.15, 0.2) is 0 Å². The van der Waals surface area contributed by atoms with Crippen molar-refractivity contribution in [3.8, 4) is 0 Å². The van der Waals surface area contributed by atoms with Gasteiger partial charge in [-0.15, -0.1) is 0 Å². The Morgan fingerprint density at radius 3 is 2.85 bits per heavy atom. The summed E-state index contributed by atoms with van der Waals surface area (Å²) >= 11 is 0. The molecule has 2 aromatic rings.